The Morgan fingerprint density at radius 3 is 2.68 bits per heavy atom. The number of aromatic nitrogens is 1. The van der Waals surface area contributed by atoms with Gasteiger partial charge in [0.1, 0.15) is 0 Å². The number of unbranched alkanes of at least 4 members (excludes halogenated alkanes) is 1. The average Bonchev–Trinajstić information content (AvgIpc) is 2.47. The van der Waals surface area contributed by atoms with E-state index in [2.05, 4.69) is 0 Å². The number of hydrogen-bond donors (Lipinski definition) is 1. The molecule has 0 unspecified atom stereocenters. The lowest BCUT2D eigenvalue weighted by molar-refractivity contribution is -0.132. The lowest BCUT2D eigenvalue weighted by atomic mass is 10.1. The van der Waals surface area contributed by atoms with E-state index in [0.29, 0.717) is 28.9 Å². The summed E-state index contributed by atoms with van der Waals surface area (Å²) in [6.45, 7) is 3.74. The van der Waals surface area contributed by atoms with Gasteiger partial charge in [-0.05, 0) is 24.6 Å². The van der Waals surface area contributed by atoms with Crippen molar-refractivity contribution >= 4 is 22.6 Å². The highest BCUT2D eigenvalue weighted by Gasteiger charge is 2.19. The SMILES string of the molecule is CCCCOc1c(OC(C)=O)c(=O)n(C)c2cc(N)ccc12. The molecule has 6 nitrogen and oxygen atoms in total. The molecule has 0 aliphatic rings. The number of rotatable bonds is 5. The quantitative estimate of drug-likeness (QED) is 0.520. The molecule has 1 aromatic heterocycles. The Morgan fingerprint density at radius 2 is 2.05 bits per heavy atom. The third kappa shape index (κ3) is 3.05. The van der Waals surface area contributed by atoms with Crippen molar-refractivity contribution in [1.29, 1.82) is 0 Å². The molecule has 0 atom stereocenters. The molecule has 6 heteroatoms. The van der Waals surface area contributed by atoms with E-state index in [0.717, 1.165) is 12.8 Å². The van der Waals surface area contributed by atoms with Gasteiger partial charge in [0.05, 0.1) is 12.1 Å². The van der Waals surface area contributed by atoms with Crippen LogP contribution in [0.25, 0.3) is 10.9 Å². The minimum Gasteiger partial charge on any atom is -0.489 e. The molecule has 0 fully saturated rings. The molecule has 118 valence electrons. The van der Waals surface area contributed by atoms with Crippen molar-refractivity contribution in [2.75, 3.05) is 12.3 Å². The average molecular weight is 304 g/mol. The van der Waals surface area contributed by atoms with Crippen LogP contribution in [0, 0.1) is 0 Å². The van der Waals surface area contributed by atoms with E-state index in [9.17, 15) is 9.59 Å². The summed E-state index contributed by atoms with van der Waals surface area (Å²) in [5.74, 6) is -0.350. The van der Waals surface area contributed by atoms with Gasteiger partial charge in [-0.15, -0.1) is 0 Å². The van der Waals surface area contributed by atoms with Crippen LogP contribution in [0.1, 0.15) is 26.7 Å². The number of aryl methyl sites for hydroxylation is 1. The maximum atomic E-state index is 12.4. The molecule has 0 aliphatic heterocycles. The Hall–Kier alpha value is -2.50. The number of nitrogen functional groups attached to an aromatic ring is 1. The van der Waals surface area contributed by atoms with Gasteiger partial charge in [-0.2, -0.15) is 0 Å². The number of benzene rings is 1. The van der Waals surface area contributed by atoms with Gasteiger partial charge in [-0.1, -0.05) is 13.3 Å². The summed E-state index contributed by atoms with van der Waals surface area (Å²) in [6, 6.07) is 5.18. The summed E-state index contributed by atoms with van der Waals surface area (Å²) in [7, 11) is 1.60. The van der Waals surface area contributed by atoms with Crippen LogP contribution in [0.2, 0.25) is 0 Å². The normalized spacial score (nSPS) is 10.7. The maximum Gasteiger partial charge on any atom is 0.308 e. The van der Waals surface area contributed by atoms with Gasteiger partial charge in [0.25, 0.3) is 5.56 Å². The summed E-state index contributed by atoms with van der Waals surface area (Å²) >= 11 is 0. The molecule has 1 aromatic carbocycles. The van der Waals surface area contributed by atoms with Crippen LogP contribution in [0.3, 0.4) is 0 Å². The van der Waals surface area contributed by atoms with Crippen LogP contribution >= 0.6 is 0 Å². The standard InChI is InChI=1S/C16H20N2O4/c1-4-5-8-21-14-12-7-6-11(17)9-13(12)18(3)16(20)15(14)22-10(2)19/h6-7,9H,4-5,8,17H2,1-3H3. The highest BCUT2D eigenvalue weighted by Crippen LogP contribution is 2.33. The first-order valence-electron chi connectivity index (χ1n) is 7.19. The Kier molecular flexibility index (Phi) is 4.70. The molecular formula is C16H20N2O4. The van der Waals surface area contributed by atoms with Crippen molar-refractivity contribution in [2.24, 2.45) is 7.05 Å². The minimum absolute atomic E-state index is 0.0802. The van der Waals surface area contributed by atoms with Crippen molar-refractivity contribution in [3.63, 3.8) is 0 Å². The van der Waals surface area contributed by atoms with E-state index in [1.165, 1.54) is 11.5 Å². The second kappa shape index (κ2) is 6.51. The van der Waals surface area contributed by atoms with Gasteiger partial charge in [-0.25, -0.2) is 0 Å². The monoisotopic (exact) mass is 304 g/mol. The van der Waals surface area contributed by atoms with Gasteiger partial charge >= 0.3 is 5.97 Å². The van der Waals surface area contributed by atoms with Gasteiger partial charge in [0.15, 0.2) is 5.75 Å². The largest absolute Gasteiger partial charge is 0.489 e. The number of nitrogens with zero attached hydrogens (tertiary/aromatic N) is 1. The van der Waals surface area contributed by atoms with Crippen molar-refractivity contribution in [3.05, 3.63) is 28.6 Å². The molecule has 2 N–H and O–H groups in total. The second-order valence-electron chi connectivity index (χ2n) is 5.09. The van der Waals surface area contributed by atoms with Crippen LogP contribution in [-0.4, -0.2) is 17.1 Å². The van der Waals surface area contributed by atoms with Crippen LogP contribution in [0.5, 0.6) is 11.5 Å². The molecule has 0 saturated heterocycles. The van der Waals surface area contributed by atoms with E-state index < -0.39 is 11.5 Å². The second-order valence-corrected chi connectivity index (χ2v) is 5.09. The minimum atomic E-state index is -0.563. The molecule has 0 aliphatic carbocycles. The number of ether oxygens (including phenoxy) is 2. The molecule has 0 radical (unpaired) electrons. The van der Waals surface area contributed by atoms with Crippen LogP contribution in [0.15, 0.2) is 23.0 Å². The van der Waals surface area contributed by atoms with Gasteiger partial charge < -0.3 is 19.8 Å². The number of esters is 1. The van der Waals surface area contributed by atoms with Crippen molar-refractivity contribution in [1.82, 2.24) is 4.57 Å². The fourth-order valence-corrected chi connectivity index (χ4v) is 2.19. The zero-order valence-electron chi connectivity index (χ0n) is 13.0. The summed E-state index contributed by atoms with van der Waals surface area (Å²) in [6.07, 6.45) is 1.80. The molecule has 0 amide bonds. The molecule has 0 saturated carbocycles. The van der Waals surface area contributed by atoms with E-state index in [-0.39, 0.29) is 5.75 Å². The molecule has 2 rings (SSSR count). The van der Waals surface area contributed by atoms with Crippen molar-refractivity contribution < 1.29 is 14.3 Å². The lowest BCUT2D eigenvalue weighted by Crippen LogP contribution is -2.22. The lowest BCUT2D eigenvalue weighted by Gasteiger charge is -2.16. The smallest absolute Gasteiger partial charge is 0.308 e. The van der Waals surface area contributed by atoms with Crippen LogP contribution in [-0.2, 0) is 11.8 Å². The number of pyridine rings is 1. The highest BCUT2D eigenvalue weighted by molar-refractivity contribution is 5.90. The van der Waals surface area contributed by atoms with Gasteiger partial charge in [-0.3, -0.25) is 9.59 Å². The Balaban J connectivity index is 2.70. The number of carbonyl (C=O) groups excluding carboxylic acids is 1. The van der Waals surface area contributed by atoms with E-state index in [1.54, 1.807) is 25.2 Å². The number of hydrogen-bond acceptors (Lipinski definition) is 5. The number of nitrogens with two attached hydrogens (primary N) is 1. The molecule has 22 heavy (non-hydrogen) atoms. The Morgan fingerprint density at radius 1 is 1.32 bits per heavy atom. The first-order chi connectivity index (χ1) is 10.5. The van der Waals surface area contributed by atoms with Gasteiger partial charge in [0.2, 0.25) is 5.75 Å². The van der Waals surface area contributed by atoms with Crippen molar-refractivity contribution in [3.8, 4) is 11.5 Å². The van der Waals surface area contributed by atoms with E-state index in [1.807, 2.05) is 6.92 Å². The third-order valence-electron chi connectivity index (χ3n) is 3.32. The molecule has 1 heterocycles. The van der Waals surface area contributed by atoms with E-state index in [4.69, 9.17) is 15.2 Å². The predicted molar refractivity (Wildman–Crippen MR) is 85.3 cm³/mol. The Labute approximate surface area is 128 Å². The molecule has 2 aromatic rings. The van der Waals surface area contributed by atoms with Gasteiger partial charge in [0, 0.05) is 25.0 Å². The fraction of sp³-hybridized carbons (Fsp3) is 0.375. The molecule has 0 bridgehead atoms. The summed E-state index contributed by atoms with van der Waals surface area (Å²) in [5.41, 5.74) is 6.54. The highest BCUT2D eigenvalue weighted by atomic mass is 16.6. The third-order valence-corrected chi connectivity index (χ3v) is 3.32. The zero-order valence-corrected chi connectivity index (χ0v) is 13.0. The fourth-order valence-electron chi connectivity index (χ4n) is 2.19. The number of anilines is 1. The molecule has 0 spiro atoms. The first kappa shape index (κ1) is 15.9. The number of carbonyl (C=O) groups is 1. The summed E-state index contributed by atoms with van der Waals surface area (Å²) in [4.78, 5) is 23.8. The van der Waals surface area contributed by atoms with Crippen molar-refractivity contribution in [2.45, 2.75) is 26.7 Å². The summed E-state index contributed by atoms with van der Waals surface area (Å²) < 4.78 is 12.2. The van der Waals surface area contributed by atoms with E-state index >= 15 is 0 Å². The number of fused-ring (bicyclic) bond motifs is 1. The maximum absolute atomic E-state index is 12.4. The molecular weight excluding hydrogens is 284 g/mol. The van der Waals surface area contributed by atoms with Crippen LogP contribution in [0.4, 0.5) is 5.69 Å². The summed E-state index contributed by atoms with van der Waals surface area (Å²) in [5, 5.41) is 0.684. The Bertz CT molecular complexity index is 765. The first-order valence-corrected chi connectivity index (χ1v) is 7.19. The topological polar surface area (TPSA) is 83.5 Å². The predicted octanol–water partition coefficient (Wildman–Crippen LogP) is 2.22. The van der Waals surface area contributed by atoms with Crippen LogP contribution < -0.4 is 20.8 Å². The zero-order chi connectivity index (χ0) is 16.3.